The van der Waals surface area contributed by atoms with E-state index < -0.39 is 10.8 Å². The molecule has 2 rings (SSSR count). The molecule has 0 saturated heterocycles. The van der Waals surface area contributed by atoms with Crippen LogP contribution in [0.5, 0.6) is 0 Å². The summed E-state index contributed by atoms with van der Waals surface area (Å²) in [4.78, 5) is 12.5. The van der Waals surface area contributed by atoms with E-state index in [9.17, 15) is 9.00 Å². The van der Waals surface area contributed by atoms with Gasteiger partial charge in [-0.05, 0) is 30.7 Å². The van der Waals surface area contributed by atoms with Gasteiger partial charge in [-0.1, -0.05) is 54.1 Å². The zero-order valence-electron chi connectivity index (χ0n) is 13.1. The van der Waals surface area contributed by atoms with Gasteiger partial charge < -0.3 is 4.74 Å². The van der Waals surface area contributed by atoms with Gasteiger partial charge in [-0.2, -0.15) is 0 Å². The molecule has 0 aliphatic carbocycles. The smallest absolute Gasteiger partial charge is 0.168 e. The molecule has 0 aliphatic heterocycles. The molecule has 2 aromatic carbocycles. The van der Waals surface area contributed by atoms with Crippen molar-refractivity contribution in [2.24, 2.45) is 0 Å². The van der Waals surface area contributed by atoms with Gasteiger partial charge in [-0.25, -0.2) is 0 Å². The van der Waals surface area contributed by atoms with Gasteiger partial charge in [0.2, 0.25) is 0 Å². The maximum atomic E-state index is 12.1. The molecule has 0 N–H and O–H groups in total. The quantitative estimate of drug-likeness (QED) is 0.551. The van der Waals surface area contributed by atoms with E-state index in [1.165, 1.54) is 6.08 Å². The molecule has 0 spiro atoms. The van der Waals surface area contributed by atoms with Crippen LogP contribution >= 0.6 is 0 Å². The number of hydrogen-bond acceptors (Lipinski definition) is 3. The minimum Gasteiger partial charge on any atom is -0.373 e. The van der Waals surface area contributed by atoms with Crippen molar-refractivity contribution in [2.75, 3.05) is 12.4 Å². The maximum Gasteiger partial charge on any atom is 0.168 e. The Hall–Kier alpha value is -2.04. The summed E-state index contributed by atoms with van der Waals surface area (Å²) in [5.74, 6) is -0.162. The van der Waals surface area contributed by atoms with Gasteiger partial charge in [0.15, 0.2) is 5.78 Å². The van der Waals surface area contributed by atoms with Crippen molar-refractivity contribution in [3.8, 4) is 0 Å². The molecule has 0 fully saturated rings. The van der Waals surface area contributed by atoms with Crippen LogP contribution in [0.15, 0.2) is 71.6 Å². The summed E-state index contributed by atoms with van der Waals surface area (Å²) < 4.78 is 17.5. The fourth-order valence-electron chi connectivity index (χ4n) is 1.95. The van der Waals surface area contributed by atoms with Gasteiger partial charge in [0.25, 0.3) is 0 Å². The first-order chi connectivity index (χ1) is 11.1. The first kappa shape index (κ1) is 17.3. The van der Waals surface area contributed by atoms with Crippen LogP contribution in [-0.4, -0.2) is 22.4 Å². The first-order valence-electron chi connectivity index (χ1n) is 7.41. The molecule has 0 saturated carbocycles. The Morgan fingerprint density at radius 3 is 2.48 bits per heavy atom. The second-order valence-electron chi connectivity index (χ2n) is 5.17. The summed E-state index contributed by atoms with van der Waals surface area (Å²) in [5.41, 5.74) is 2.19. The average Bonchev–Trinajstić information content (AvgIpc) is 2.56. The Morgan fingerprint density at radius 1 is 1.09 bits per heavy atom. The lowest BCUT2D eigenvalue weighted by Gasteiger charge is -2.01. The van der Waals surface area contributed by atoms with Crippen molar-refractivity contribution >= 4 is 16.6 Å². The van der Waals surface area contributed by atoms with Crippen molar-refractivity contribution in [2.45, 2.75) is 18.4 Å². The molecule has 0 amide bonds. The van der Waals surface area contributed by atoms with Crippen LogP contribution in [0.25, 0.3) is 0 Å². The average molecular weight is 328 g/mol. The molecule has 0 aromatic heterocycles. The number of hydrogen-bond donors (Lipinski definition) is 0. The van der Waals surface area contributed by atoms with Crippen molar-refractivity contribution in [3.05, 3.63) is 77.9 Å². The number of ether oxygens (including phenoxy) is 1. The highest BCUT2D eigenvalue weighted by molar-refractivity contribution is 7.85. The molecule has 2 aromatic rings. The van der Waals surface area contributed by atoms with Crippen LogP contribution < -0.4 is 0 Å². The molecule has 23 heavy (non-hydrogen) atoms. The third-order valence-electron chi connectivity index (χ3n) is 3.19. The number of carbonyl (C=O) groups is 1. The van der Waals surface area contributed by atoms with Crippen LogP contribution in [0.3, 0.4) is 0 Å². The van der Waals surface area contributed by atoms with E-state index in [0.29, 0.717) is 18.1 Å². The van der Waals surface area contributed by atoms with E-state index in [2.05, 4.69) is 0 Å². The lowest BCUT2D eigenvalue weighted by Crippen LogP contribution is -2.08. The fraction of sp³-hybridized carbons (Fsp3) is 0.211. The van der Waals surface area contributed by atoms with E-state index in [4.69, 9.17) is 4.74 Å². The lowest BCUT2D eigenvalue weighted by molar-refractivity contribution is -0.112. The molecule has 0 radical (unpaired) electrons. The van der Waals surface area contributed by atoms with E-state index in [0.717, 1.165) is 11.1 Å². The van der Waals surface area contributed by atoms with Crippen molar-refractivity contribution in [1.82, 2.24) is 0 Å². The predicted molar refractivity (Wildman–Crippen MR) is 92.7 cm³/mol. The molecule has 0 bridgehead atoms. The largest absolute Gasteiger partial charge is 0.373 e. The van der Waals surface area contributed by atoms with Gasteiger partial charge in [0.1, 0.15) is 0 Å². The lowest BCUT2D eigenvalue weighted by atomic mass is 10.2. The van der Waals surface area contributed by atoms with Crippen LogP contribution in [0.1, 0.15) is 11.1 Å². The van der Waals surface area contributed by atoms with E-state index in [-0.39, 0.29) is 11.5 Å². The number of benzene rings is 2. The SMILES string of the molecule is Cc1ccc([S@@](=O)CC(=O)/C=C/COCc2ccccc2)cc1. The third kappa shape index (κ3) is 6.30. The van der Waals surface area contributed by atoms with E-state index in [1.807, 2.05) is 49.4 Å². The second-order valence-corrected chi connectivity index (χ2v) is 6.62. The number of aryl methyl sites for hydroxylation is 1. The first-order valence-corrected chi connectivity index (χ1v) is 8.73. The van der Waals surface area contributed by atoms with Gasteiger partial charge in [0.05, 0.1) is 29.8 Å². The summed E-state index contributed by atoms with van der Waals surface area (Å²) >= 11 is 0. The molecule has 3 nitrogen and oxygen atoms in total. The van der Waals surface area contributed by atoms with Crippen LogP contribution in [-0.2, 0) is 26.9 Å². The Kier molecular flexibility index (Phi) is 6.91. The minimum absolute atomic E-state index is 0.00174. The topological polar surface area (TPSA) is 43.4 Å². The monoisotopic (exact) mass is 328 g/mol. The van der Waals surface area contributed by atoms with Crippen LogP contribution in [0.2, 0.25) is 0 Å². The summed E-state index contributed by atoms with van der Waals surface area (Å²) in [7, 11) is -1.30. The Bertz CT molecular complexity index is 676. The zero-order valence-corrected chi connectivity index (χ0v) is 13.9. The van der Waals surface area contributed by atoms with Gasteiger partial charge >= 0.3 is 0 Å². The normalized spacial score (nSPS) is 12.4. The van der Waals surface area contributed by atoms with E-state index in [1.54, 1.807) is 18.2 Å². The summed E-state index contributed by atoms with van der Waals surface area (Å²) in [6, 6.07) is 17.2. The number of allylic oxidation sites excluding steroid dienone is 1. The zero-order chi connectivity index (χ0) is 16.5. The molecule has 0 aliphatic rings. The predicted octanol–water partition coefficient (Wildman–Crippen LogP) is 3.44. The minimum atomic E-state index is -1.30. The third-order valence-corrected chi connectivity index (χ3v) is 4.53. The second kappa shape index (κ2) is 9.18. The van der Waals surface area contributed by atoms with Crippen molar-refractivity contribution < 1.29 is 13.7 Å². The molecular formula is C19H20O3S. The van der Waals surface area contributed by atoms with Gasteiger partial charge in [0, 0.05) is 4.90 Å². The fourth-order valence-corrected chi connectivity index (χ4v) is 2.91. The standard InChI is InChI=1S/C19H20O3S/c1-16-9-11-19(12-10-16)23(21)15-18(20)8-5-13-22-14-17-6-3-2-4-7-17/h2-12H,13-15H2,1H3/b8-5+/t23-/m0/s1. The Labute approximate surface area is 139 Å². The highest BCUT2D eigenvalue weighted by Gasteiger charge is 2.07. The highest BCUT2D eigenvalue weighted by atomic mass is 32.2. The van der Waals surface area contributed by atoms with Gasteiger partial charge in [-0.3, -0.25) is 9.00 Å². The van der Waals surface area contributed by atoms with Crippen molar-refractivity contribution in [3.63, 3.8) is 0 Å². The van der Waals surface area contributed by atoms with E-state index >= 15 is 0 Å². The van der Waals surface area contributed by atoms with Crippen molar-refractivity contribution in [1.29, 1.82) is 0 Å². The van der Waals surface area contributed by atoms with Crippen LogP contribution in [0, 0.1) is 6.92 Å². The molecule has 4 heteroatoms. The molecular weight excluding hydrogens is 308 g/mol. The Balaban J connectivity index is 1.71. The molecule has 0 heterocycles. The number of ketones is 1. The number of rotatable bonds is 8. The maximum absolute atomic E-state index is 12.1. The highest BCUT2D eigenvalue weighted by Crippen LogP contribution is 2.08. The summed E-state index contributed by atoms with van der Waals surface area (Å²) in [6.07, 6.45) is 3.11. The Morgan fingerprint density at radius 2 is 1.78 bits per heavy atom. The van der Waals surface area contributed by atoms with Crippen LogP contribution in [0.4, 0.5) is 0 Å². The number of carbonyl (C=O) groups excluding carboxylic acids is 1. The molecule has 120 valence electrons. The summed E-state index contributed by atoms with van der Waals surface area (Å²) in [5, 5.41) is 0. The van der Waals surface area contributed by atoms with Gasteiger partial charge in [-0.15, -0.1) is 0 Å². The summed E-state index contributed by atoms with van der Waals surface area (Å²) in [6.45, 7) is 2.84. The molecule has 0 unspecified atom stereocenters. The molecule has 1 atom stereocenters.